The van der Waals surface area contributed by atoms with E-state index in [-0.39, 0.29) is 0 Å². The fraction of sp³-hybridized carbons (Fsp3) is 0.143. The largest absolute Gasteiger partial charge is 0.340 e. The molecule has 0 saturated carbocycles. The van der Waals surface area contributed by atoms with E-state index in [1.807, 2.05) is 48.8 Å². The molecule has 0 aliphatic rings. The third-order valence-corrected chi connectivity index (χ3v) is 4.81. The lowest BCUT2D eigenvalue weighted by molar-refractivity contribution is 0.938. The van der Waals surface area contributed by atoms with E-state index in [2.05, 4.69) is 41.6 Å². The van der Waals surface area contributed by atoms with Crippen LogP contribution in [0.4, 0.5) is 11.5 Å². The summed E-state index contributed by atoms with van der Waals surface area (Å²) in [6, 6.07) is 16.3. The molecule has 0 radical (unpaired) electrons. The third-order valence-electron chi connectivity index (χ3n) is 4.41. The summed E-state index contributed by atoms with van der Waals surface area (Å²) in [6.07, 6.45) is 1.86. The molecule has 2 aromatic carbocycles. The van der Waals surface area contributed by atoms with Crippen LogP contribution >= 0.6 is 11.6 Å². The highest BCUT2D eigenvalue weighted by atomic mass is 35.5. The molecule has 4 nitrogen and oxygen atoms in total. The van der Waals surface area contributed by atoms with Crippen LogP contribution in [0.3, 0.4) is 0 Å². The number of nitrogens with zero attached hydrogens (tertiary/aromatic N) is 3. The number of hydrogen-bond acceptors (Lipinski definition) is 3. The summed E-state index contributed by atoms with van der Waals surface area (Å²) < 4.78 is 1.83. The second kappa shape index (κ2) is 6.46. The lowest BCUT2D eigenvalue weighted by atomic mass is 10.1. The Balaban J connectivity index is 1.81. The number of anilines is 2. The van der Waals surface area contributed by atoms with Crippen LogP contribution in [0.2, 0.25) is 5.02 Å². The van der Waals surface area contributed by atoms with Crippen molar-refractivity contribution in [3.05, 3.63) is 76.6 Å². The molecule has 4 aromatic rings. The monoisotopic (exact) mass is 362 g/mol. The van der Waals surface area contributed by atoms with Crippen molar-refractivity contribution >= 4 is 28.8 Å². The Morgan fingerprint density at radius 1 is 0.962 bits per heavy atom. The van der Waals surface area contributed by atoms with Crippen molar-refractivity contribution in [3.63, 3.8) is 0 Å². The van der Waals surface area contributed by atoms with Crippen LogP contribution in [0.15, 0.2) is 54.7 Å². The van der Waals surface area contributed by atoms with Gasteiger partial charge in [-0.3, -0.25) is 0 Å². The number of aryl methyl sites for hydroxylation is 3. The Kier molecular flexibility index (Phi) is 4.13. The summed E-state index contributed by atoms with van der Waals surface area (Å²) in [6.45, 7) is 6.05. The molecule has 0 unspecified atom stereocenters. The van der Waals surface area contributed by atoms with Crippen molar-refractivity contribution < 1.29 is 0 Å². The first-order valence-corrected chi connectivity index (χ1v) is 8.84. The Morgan fingerprint density at radius 2 is 1.73 bits per heavy atom. The van der Waals surface area contributed by atoms with Gasteiger partial charge in [0.1, 0.15) is 5.82 Å². The second-order valence-corrected chi connectivity index (χ2v) is 6.94. The molecule has 26 heavy (non-hydrogen) atoms. The Morgan fingerprint density at radius 3 is 2.46 bits per heavy atom. The molecule has 0 bridgehead atoms. The van der Waals surface area contributed by atoms with E-state index in [9.17, 15) is 0 Å². The number of halogens is 1. The number of fused-ring (bicyclic) bond motifs is 1. The lowest BCUT2D eigenvalue weighted by Gasteiger charge is -2.11. The minimum atomic E-state index is 0.734. The Hall–Kier alpha value is -2.85. The molecular formula is C21H19ClN4. The minimum absolute atomic E-state index is 0.734. The molecule has 0 spiro atoms. The number of aromatic nitrogens is 3. The number of rotatable bonds is 3. The molecule has 5 heteroatoms. The van der Waals surface area contributed by atoms with Crippen molar-refractivity contribution in [1.82, 2.24) is 14.6 Å². The third kappa shape index (κ3) is 3.04. The molecule has 0 saturated heterocycles. The molecule has 2 aromatic heterocycles. The fourth-order valence-corrected chi connectivity index (χ4v) is 3.11. The average molecular weight is 363 g/mol. The quantitative estimate of drug-likeness (QED) is 0.507. The topological polar surface area (TPSA) is 42.2 Å². The van der Waals surface area contributed by atoms with Gasteiger partial charge in [-0.2, -0.15) is 9.61 Å². The predicted molar refractivity (Wildman–Crippen MR) is 107 cm³/mol. The van der Waals surface area contributed by atoms with E-state index in [1.165, 1.54) is 5.56 Å². The molecule has 0 aliphatic carbocycles. The first-order valence-electron chi connectivity index (χ1n) is 8.47. The van der Waals surface area contributed by atoms with Crippen LogP contribution in [-0.4, -0.2) is 14.6 Å². The van der Waals surface area contributed by atoms with Crippen LogP contribution in [0.25, 0.3) is 16.8 Å². The minimum Gasteiger partial charge on any atom is -0.340 e. The Bertz CT molecular complexity index is 1100. The normalized spacial score (nSPS) is 11.1. The number of nitrogens with one attached hydrogen (secondary N) is 1. The summed E-state index contributed by atoms with van der Waals surface area (Å²) in [5, 5.41) is 8.69. The van der Waals surface area contributed by atoms with Gasteiger partial charge in [0, 0.05) is 28.0 Å². The zero-order valence-corrected chi connectivity index (χ0v) is 15.7. The second-order valence-electron chi connectivity index (χ2n) is 6.53. The van der Waals surface area contributed by atoms with E-state index >= 15 is 0 Å². The van der Waals surface area contributed by atoms with Crippen molar-refractivity contribution in [3.8, 4) is 11.1 Å². The molecule has 0 fully saturated rings. The number of benzene rings is 2. The van der Waals surface area contributed by atoms with Gasteiger partial charge in [0.2, 0.25) is 0 Å². The van der Waals surface area contributed by atoms with Crippen LogP contribution in [-0.2, 0) is 0 Å². The van der Waals surface area contributed by atoms with Gasteiger partial charge >= 0.3 is 0 Å². The summed E-state index contributed by atoms with van der Waals surface area (Å²) in [5.41, 5.74) is 7.07. The summed E-state index contributed by atoms with van der Waals surface area (Å²) in [4.78, 5) is 4.70. The highest BCUT2D eigenvalue weighted by Gasteiger charge is 2.12. The van der Waals surface area contributed by atoms with Crippen molar-refractivity contribution in [2.24, 2.45) is 0 Å². The maximum Gasteiger partial charge on any atom is 0.165 e. The van der Waals surface area contributed by atoms with Crippen LogP contribution < -0.4 is 5.32 Å². The van der Waals surface area contributed by atoms with Gasteiger partial charge in [0.05, 0.1) is 6.20 Å². The zero-order chi connectivity index (χ0) is 18.3. The van der Waals surface area contributed by atoms with Gasteiger partial charge < -0.3 is 5.32 Å². The molecular weight excluding hydrogens is 344 g/mol. The standard InChI is InChI=1S/C21H19ClN4/c1-13-4-7-16(8-5-13)18-12-23-26-20(10-15(3)24-21(18)26)25-17-9-6-14(2)19(22)11-17/h4-12,25H,1-3H3. The van der Waals surface area contributed by atoms with E-state index in [0.29, 0.717) is 0 Å². The van der Waals surface area contributed by atoms with E-state index in [0.717, 1.165) is 44.6 Å². The van der Waals surface area contributed by atoms with Gasteiger partial charge in [0.25, 0.3) is 0 Å². The van der Waals surface area contributed by atoms with Gasteiger partial charge in [0.15, 0.2) is 5.65 Å². The van der Waals surface area contributed by atoms with Crippen LogP contribution in [0.1, 0.15) is 16.8 Å². The molecule has 0 aliphatic heterocycles. The summed E-state index contributed by atoms with van der Waals surface area (Å²) in [5.74, 6) is 0.853. The van der Waals surface area contributed by atoms with Crippen molar-refractivity contribution in [2.45, 2.75) is 20.8 Å². The summed E-state index contributed by atoms with van der Waals surface area (Å²) >= 11 is 6.25. The molecule has 4 rings (SSSR count). The maximum absolute atomic E-state index is 6.25. The molecule has 2 heterocycles. The number of hydrogen-bond donors (Lipinski definition) is 1. The van der Waals surface area contributed by atoms with E-state index in [1.54, 1.807) is 0 Å². The van der Waals surface area contributed by atoms with E-state index < -0.39 is 0 Å². The van der Waals surface area contributed by atoms with Crippen LogP contribution in [0, 0.1) is 20.8 Å². The van der Waals surface area contributed by atoms with Crippen LogP contribution in [0.5, 0.6) is 0 Å². The van der Waals surface area contributed by atoms with Gasteiger partial charge in [-0.1, -0.05) is 47.5 Å². The van der Waals surface area contributed by atoms with Gasteiger partial charge in [-0.15, -0.1) is 0 Å². The lowest BCUT2D eigenvalue weighted by Crippen LogP contribution is -2.02. The highest BCUT2D eigenvalue weighted by molar-refractivity contribution is 6.31. The molecule has 130 valence electrons. The van der Waals surface area contributed by atoms with Crippen molar-refractivity contribution in [1.29, 1.82) is 0 Å². The summed E-state index contributed by atoms with van der Waals surface area (Å²) in [7, 11) is 0. The van der Waals surface area contributed by atoms with Crippen molar-refractivity contribution in [2.75, 3.05) is 5.32 Å². The highest BCUT2D eigenvalue weighted by Crippen LogP contribution is 2.28. The molecule has 1 N–H and O–H groups in total. The average Bonchev–Trinajstić information content (AvgIpc) is 3.03. The van der Waals surface area contributed by atoms with E-state index in [4.69, 9.17) is 16.6 Å². The fourth-order valence-electron chi connectivity index (χ4n) is 2.93. The first kappa shape index (κ1) is 16.6. The SMILES string of the molecule is Cc1ccc(-c2cnn3c(Nc4ccc(C)c(Cl)c4)cc(C)nc23)cc1. The van der Waals surface area contributed by atoms with Gasteiger partial charge in [-0.05, 0) is 44.0 Å². The Labute approximate surface area is 157 Å². The smallest absolute Gasteiger partial charge is 0.165 e. The predicted octanol–water partition coefficient (Wildman–Crippen LogP) is 5.72. The molecule has 0 amide bonds. The zero-order valence-electron chi connectivity index (χ0n) is 14.9. The maximum atomic E-state index is 6.25. The van der Waals surface area contributed by atoms with Gasteiger partial charge in [-0.25, -0.2) is 4.98 Å². The first-order chi connectivity index (χ1) is 12.5. The molecule has 0 atom stereocenters.